The molecule has 0 saturated heterocycles. The van der Waals surface area contributed by atoms with E-state index < -0.39 is 0 Å². The van der Waals surface area contributed by atoms with Crippen LogP contribution in [0.4, 0.5) is 0 Å². The van der Waals surface area contributed by atoms with Gasteiger partial charge in [-0.2, -0.15) is 0 Å². The third-order valence-corrected chi connectivity index (χ3v) is 5.39. The summed E-state index contributed by atoms with van der Waals surface area (Å²) in [5.41, 5.74) is 2.55. The Morgan fingerprint density at radius 3 is 3.11 bits per heavy atom. The van der Waals surface area contributed by atoms with Crippen molar-refractivity contribution >= 4 is 34.9 Å². The number of hydrogen-bond acceptors (Lipinski definition) is 6. The van der Waals surface area contributed by atoms with Crippen LogP contribution in [0.2, 0.25) is 5.02 Å². The molecule has 1 amide bonds. The van der Waals surface area contributed by atoms with Crippen molar-refractivity contribution in [3.63, 3.8) is 0 Å². The van der Waals surface area contributed by atoms with Crippen molar-refractivity contribution in [3.05, 3.63) is 63.7 Å². The number of halogens is 1. The maximum atomic E-state index is 12.3. The summed E-state index contributed by atoms with van der Waals surface area (Å²) in [5.74, 6) is 0.885. The van der Waals surface area contributed by atoms with Crippen LogP contribution in [0.5, 0.6) is 11.5 Å². The summed E-state index contributed by atoms with van der Waals surface area (Å²) in [6, 6.07) is 7.11. The van der Waals surface area contributed by atoms with Crippen LogP contribution in [0, 0.1) is 0 Å². The van der Waals surface area contributed by atoms with Crippen LogP contribution < -0.4 is 14.8 Å². The number of carbonyl (C=O) groups excluding carboxylic acids is 1. The van der Waals surface area contributed by atoms with Crippen LogP contribution in [0.15, 0.2) is 48.1 Å². The Hall–Kier alpha value is -2.90. The molecule has 0 spiro atoms. The van der Waals surface area contributed by atoms with Gasteiger partial charge in [0.15, 0.2) is 11.5 Å². The highest BCUT2D eigenvalue weighted by Crippen LogP contribution is 2.40. The standard InChI is InChI=1S/C20H16ClN3O3S/c1-12(20-24-16(10-28-20)14-3-2-6-22-9-14)23-18(25)5-4-13-7-15(21)19-17(8-13)26-11-27-19/h2-10,12H,11H2,1H3,(H,23,25). The minimum absolute atomic E-state index is 0.148. The van der Waals surface area contributed by atoms with Crippen molar-refractivity contribution in [1.29, 1.82) is 0 Å². The van der Waals surface area contributed by atoms with Crippen molar-refractivity contribution in [2.75, 3.05) is 6.79 Å². The highest BCUT2D eigenvalue weighted by atomic mass is 35.5. The Kier molecular flexibility index (Phi) is 5.27. The molecule has 0 fully saturated rings. The molecule has 142 valence electrons. The van der Waals surface area contributed by atoms with Gasteiger partial charge in [0, 0.05) is 29.4 Å². The number of pyridine rings is 1. The monoisotopic (exact) mass is 413 g/mol. The van der Waals surface area contributed by atoms with Crippen molar-refractivity contribution in [2.45, 2.75) is 13.0 Å². The summed E-state index contributed by atoms with van der Waals surface area (Å²) in [6.45, 7) is 2.05. The zero-order chi connectivity index (χ0) is 19.5. The van der Waals surface area contributed by atoms with Gasteiger partial charge in [0.2, 0.25) is 12.7 Å². The molecule has 0 bridgehead atoms. The van der Waals surface area contributed by atoms with Crippen LogP contribution in [-0.4, -0.2) is 22.7 Å². The normalized spacial score (nSPS) is 13.6. The summed E-state index contributed by atoms with van der Waals surface area (Å²) in [6.07, 6.45) is 6.62. The predicted molar refractivity (Wildman–Crippen MR) is 109 cm³/mol. The summed E-state index contributed by atoms with van der Waals surface area (Å²) < 4.78 is 10.6. The van der Waals surface area contributed by atoms with Gasteiger partial charge in [0.25, 0.3) is 0 Å². The van der Waals surface area contributed by atoms with E-state index in [9.17, 15) is 4.79 Å². The smallest absolute Gasteiger partial charge is 0.244 e. The maximum Gasteiger partial charge on any atom is 0.244 e. The van der Waals surface area contributed by atoms with Gasteiger partial charge in [0.05, 0.1) is 16.8 Å². The first kappa shape index (κ1) is 18.5. The molecular formula is C20H16ClN3O3S. The first-order valence-corrected chi connectivity index (χ1v) is 9.79. The van der Waals surface area contributed by atoms with Gasteiger partial charge in [0.1, 0.15) is 5.01 Å². The molecule has 8 heteroatoms. The Bertz CT molecular complexity index is 1040. The topological polar surface area (TPSA) is 73.3 Å². The zero-order valence-electron chi connectivity index (χ0n) is 14.9. The fourth-order valence-electron chi connectivity index (χ4n) is 2.71. The third-order valence-electron chi connectivity index (χ3n) is 4.09. The molecule has 28 heavy (non-hydrogen) atoms. The molecule has 1 aliphatic rings. The molecule has 0 radical (unpaired) electrons. The Morgan fingerprint density at radius 1 is 1.39 bits per heavy atom. The van der Waals surface area contributed by atoms with Gasteiger partial charge >= 0.3 is 0 Å². The number of fused-ring (bicyclic) bond motifs is 1. The van der Waals surface area contributed by atoms with E-state index in [0.717, 1.165) is 21.8 Å². The average molecular weight is 414 g/mol. The lowest BCUT2D eigenvalue weighted by molar-refractivity contribution is -0.117. The number of nitrogens with one attached hydrogen (secondary N) is 1. The van der Waals surface area contributed by atoms with Gasteiger partial charge in [-0.25, -0.2) is 4.98 Å². The number of hydrogen-bond donors (Lipinski definition) is 1. The minimum atomic E-state index is -0.223. The van der Waals surface area contributed by atoms with Crippen molar-refractivity contribution < 1.29 is 14.3 Å². The number of aromatic nitrogens is 2. The summed E-state index contributed by atoms with van der Waals surface area (Å²) in [4.78, 5) is 21.0. The fraction of sp³-hybridized carbons (Fsp3) is 0.150. The van der Waals surface area contributed by atoms with E-state index in [2.05, 4.69) is 15.3 Å². The summed E-state index contributed by atoms with van der Waals surface area (Å²) in [7, 11) is 0. The van der Waals surface area contributed by atoms with Gasteiger partial charge < -0.3 is 14.8 Å². The van der Waals surface area contributed by atoms with E-state index in [-0.39, 0.29) is 18.7 Å². The number of amides is 1. The number of rotatable bonds is 5. The van der Waals surface area contributed by atoms with Crippen LogP contribution in [0.25, 0.3) is 17.3 Å². The highest BCUT2D eigenvalue weighted by molar-refractivity contribution is 7.10. The molecule has 1 aromatic carbocycles. The average Bonchev–Trinajstić information content (AvgIpc) is 3.37. The number of thiazole rings is 1. The Morgan fingerprint density at radius 2 is 2.29 bits per heavy atom. The van der Waals surface area contributed by atoms with E-state index in [0.29, 0.717) is 16.5 Å². The van der Waals surface area contributed by atoms with Gasteiger partial charge in [-0.3, -0.25) is 9.78 Å². The van der Waals surface area contributed by atoms with Gasteiger partial charge in [-0.1, -0.05) is 11.6 Å². The van der Waals surface area contributed by atoms with Crippen LogP contribution in [-0.2, 0) is 4.79 Å². The molecule has 3 aromatic rings. The molecule has 0 saturated carbocycles. The van der Waals surface area contributed by atoms with E-state index in [1.165, 1.54) is 17.4 Å². The van der Waals surface area contributed by atoms with E-state index in [1.807, 2.05) is 24.4 Å². The van der Waals surface area contributed by atoms with Crippen molar-refractivity contribution in [3.8, 4) is 22.8 Å². The molecule has 4 rings (SSSR count). The van der Waals surface area contributed by atoms with Crippen LogP contribution >= 0.6 is 22.9 Å². The molecule has 1 atom stereocenters. The largest absolute Gasteiger partial charge is 0.454 e. The number of carbonyl (C=O) groups is 1. The van der Waals surface area contributed by atoms with Crippen LogP contribution in [0.1, 0.15) is 23.5 Å². The molecule has 3 heterocycles. The highest BCUT2D eigenvalue weighted by Gasteiger charge is 2.18. The molecule has 1 unspecified atom stereocenters. The number of benzene rings is 1. The first-order valence-electron chi connectivity index (χ1n) is 8.53. The summed E-state index contributed by atoms with van der Waals surface area (Å²) in [5, 5.41) is 6.15. The predicted octanol–water partition coefficient (Wildman–Crippen LogP) is 4.48. The zero-order valence-corrected chi connectivity index (χ0v) is 16.5. The first-order chi connectivity index (χ1) is 13.6. The maximum absolute atomic E-state index is 12.3. The minimum Gasteiger partial charge on any atom is -0.454 e. The lowest BCUT2D eigenvalue weighted by atomic mass is 10.2. The Labute approximate surface area is 170 Å². The molecule has 2 aromatic heterocycles. The molecule has 1 N–H and O–H groups in total. The van der Waals surface area contributed by atoms with E-state index in [4.69, 9.17) is 21.1 Å². The quantitative estimate of drug-likeness (QED) is 0.624. The fourth-order valence-corrected chi connectivity index (χ4v) is 3.82. The molecular weight excluding hydrogens is 398 g/mol. The summed E-state index contributed by atoms with van der Waals surface area (Å²) >= 11 is 7.66. The second-order valence-corrected chi connectivity index (χ2v) is 7.41. The van der Waals surface area contributed by atoms with Gasteiger partial charge in [-0.15, -0.1) is 11.3 Å². The van der Waals surface area contributed by atoms with Crippen molar-refractivity contribution in [2.24, 2.45) is 0 Å². The van der Waals surface area contributed by atoms with E-state index in [1.54, 1.807) is 30.6 Å². The second kappa shape index (κ2) is 8.00. The molecule has 0 aliphatic carbocycles. The molecule has 1 aliphatic heterocycles. The molecule has 6 nitrogen and oxygen atoms in total. The number of nitrogens with zero attached hydrogens (tertiary/aromatic N) is 2. The van der Waals surface area contributed by atoms with Crippen LogP contribution in [0.3, 0.4) is 0 Å². The lowest BCUT2D eigenvalue weighted by Crippen LogP contribution is -2.24. The third kappa shape index (κ3) is 4.00. The van der Waals surface area contributed by atoms with E-state index >= 15 is 0 Å². The van der Waals surface area contributed by atoms with Gasteiger partial charge in [-0.05, 0) is 42.8 Å². The number of ether oxygens (including phenoxy) is 2. The Balaban J connectivity index is 1.41. The lowest BCUT2D eigenvalue weighted by Gasteiger charge is -2.09. The van der Waals surface area contributed by atoms with Crippen molar-refractivity contribution in [1.82, 2.24) is 15.3 Å². The second-order valence-electron chi connectivity index (χ2n) is 6.11. The SMILES string of the molecule is CC(NC(=O)C=Cc1cc(Cl)c2c(c1)OCO2)c1nc(-c2cccnc2)cs1.